The van der Waals surface area contributed by atoms with Gasteiger partial charge in [-0.1, -0.05) is 19.9 Å². The van der Waals surface area contributed by atoms with Crippen molar-refractivity contribution in [1.82, 2.24) is 5.32 Å². The number of thiocarbonyl (C=S) groups is 1. The van der Waals surface area contributed by atoms with Gasteiger partial charge in [0.15, 0.2) is 5.11 Å². The van der Waals surface area contributed by atoms with Gasteiger partial charge >= 0.3 is 0 Å². The van der Waals surface area contributed by atoms with Gasteiger partial charge in [-0.3, -0.25) is 0 Å². The Morgan fingerprint density at radius 3 is 2.63 bits per heavy atom. The van der Waals surface area contributed by atoms with E-state index in [9.17, 15) is 0 Å². The molecule has 2 N–H and O–H groups in total. The Bertz CT molecular complexity index is 405. The van der Waals surface area contributed by atoms with Crippen LogP contribution >= 0.6 is 12.2 Å². The van der Waals surface area contributed by atoms with Crippen LogP contribution < -0.4 is 15.4 Å². The van der Waals surface area contributed by atoms with Gasteiger partial charge in [-0.25, -0.2) is 0 Å². The molecule has 0 heterocycles. The molecule has 0 spiro atoms. The summed E-state index contributed by atoms with van der Waals surface area (Å²) in [6.07, 6.45) is 1.28. The lowest BCUT2D eigenvalue weighted by Crippen LogP contribution is -2.29. The summed E-state index contributed by atoms with van der Waals surface area (Å²) in [5.41, 5.74) is 0.945. The number of rotatable bonds is 6. The van der Waals surface area contributed by atoms with Crippen LogP contribution in [0.5, 0.6) is 5.75 Å². The first kappa shape index (κ1) is 15.8. The van der Waals surface area contributed by atoms with E-state index in [1.165, 1.54) is 0 Å². The molecule has 0 aliphatic rings. The maximum absolute atomic E-state index is 5.65. The number of hydrogen-bond acceptors (Lipinski definition) is 2. The monoisotopic (exact) mass is 280 g/mol. The van der Waals surface area contributed by atoms with Crippen LogP contribution in [0.15, 0.2) is 24.3 Å². The van der Waals surface area contributed by atoms with E-state index in [1.807, 2.05) is 38.1 Å². The first-order valence-electron chi connectivity index (χ1n) is 6.79. The molecule has 1 rings (SSSR count). The molecule has 0 atom stereocenters. The molecule has 19 heavy (non-hydrogen) atoms. The molecule has 106 valence electrons. The Kier molecular flexibility index (Phi) is 6.64. The molecule has 0 unspecified atom stereocenters. The zero-order valence-corrected chi connectivity index (χ0v) is 13.0. The summed E-state index contributed by atoms with van der Waals surface area (Å²) >= 11 is 5.26. The van der Waals surface area contributed by atoms with Gasteiger partial charge in [0.1, 0.15) is 5.75 Å². The summed E-state index contributed by atoms with van der Waals surface area (Å²) in [5.74, 6) is 1.53. The van der Waals surface area contributed by atoms with E-state index >= 15 is 0 Å². The van der Waals surface area contributed by atoms with Crippen molar-refractivity contribution >= 4 is 23.0 Å². The quantitative estimate of drug-likeness (QED) is 0.776. The molecular formula is C15H24N2OS. The lowest BCUT2D eigenvalue weighted by atomic mass is 10.1. The van der Waals surface area contributed by atoms with Crippen LogP contribution in [0.4, 0.5) is 5.69 Å². The molecule has 0 aliphatic heterocycles. The molecular weight excluding hydrogens is 256 g/mol. The van der Waals surface area contributed by atoms with Gasteiger partial charge in [0.05, 0.1) is 6.10 Å². The van der Waals surface area contributed by atoms with Crippen LogP contribution in [0.1, 0.15) is 34.1 Å². The van der Waals surface area contributed by atoms with Gasteiger partial charge in [-0.15, -0.1) is 0 Å². The molecule has 1 aromatic carbocycles. The Morgan fingerprint density at radius 1 is 1.26 bits per heavy atom. The van der Waals surface area contributed by atoms with Crippen molar-refractivity contribution in [3.8, 4) is 5.75 Å². The molecule has 0 radical (unpaired) electrons. The van der Waals surface area contributed by atoms with E-state index in [0.717, 1.165) is 24.4 Å². The number of hydrogen-bond donors (Lipinski definition) is 2. The SMILES string of the molecule is CC(C)CCNC(=S)Nc1cccc(OC(C)C)c1. The zero-order valence-electron chi connectivity index (χ0n) is 12.2. The normalized spacial score (nSPS) is 10.6. The molecule has 0 aliphatic carbocycles. The summed E-state index contributed by atoms with van der Waals surface area (Å²) in [6, 6.07) is 7.83. The molecule has 0 aromatic heterocycles. The molecule has 0 amide bonds. The lowest BCUT2D eigenvalue weighted by molar-refractivity contribution is 0.242. The highest BCUT2D eigenvalue weighted by Crippen LogP contribution is 2.18. The second-order valence-electron chi connectivity index (χ2n) is 5.26. The molecule has 3 nitrogen and oxygen atoms in total. The highest BCUT2D eigenvalue weighted by atomic mass is 32.1. The summed E-state index contributed by atoms with van der Waals surface area (Å²) in [4.78, 5) is 0. The predicted molar refractivity (Wildman–Crippen MR) is 85.9 cm³/mol. The van der Waals surface area contributed by atoms with Crippen LogP contribution in [0, 0.1) is 5.92 Å². The second kappa shape index (κ2) is 8.00. The maximum Gasteiger partial charge on any atom is 0.170 e. The number of anilines is 1. The smallest absolute Gasteiger partial charge is 0.170 e. The Hall–Kier alpha value is -1.29. The molecule has 0 saturated heterocycles. The average molecular weight is 280 g/mol. The van der Waals surface area contributed by atoms with E-state index in [4.69, 9.17) is 17.0 Å². The van der Waals surface area contributed by atoms with Crippen molar-refractivity contribution in [3.63, 3.8) is 0 Å². The Labute approximate surface area is 121 Å². The maximum atomic E-state index is 5.65. The zero-order chi connectivity index (χ0) is 14.3. The van der Waals surface area contributed by atoms with Crippen molar-refractivity contribution in [1.29, 1.82) is 0 Å². The second-order valence-corrected chi connectivity index (χ2v) is 5.67. The fraction of sp³-hybridized carbons (Fsp3) is 0.533. The average Bonchev–Trinajstić information content (AvgIpc) is 2.27. The number of nitrogens with one attached hydrogen (secondary N) is 2. The van der Waals surface area contributed by atoms with Crippen LogP contribution in [-0.2, 0) is 0 Å². The first-order chi connectivity index (χ1) is 8.97. The van der Waals surface area contributed by atoms with Crippen LogP contribution in [0.3, 0.4) is 0 Å². The van der Waals surface area contributed by atoms with E-state index in [0.29, 0.717) is 11.0 Å². The van der Waals surface area contributed by atoms with Crippen molar-refractivity contribution < 1.29 is 4.74 Å². The van der Waals surface area contributed by atoms with Crippen LogP contribution in [0.2, 0.25) is 0 Å². The van der Waals surface area contributed by atoms with Crippen molar-refractivity contribution in [2.45, 2.75) is 40.2 Å². The van der Waals surface area contributed by atoms with Gasteiger partial charge in [-0.05, 0) is 50.5 Å². The number of ether oxygens (including phenoxy) is 1. The summed E-state index contributed by atoms with van der Waals surface area (Å²) in [6.45, 7) is 9.32. The first-order valence-corrected chi connectivity index (χ1v) is 7.19. The topological polar surface area (TPSA) is 33.3 Å². The van der Waals surface area contributed by atoms with Gasteiger partial charge in [-0.2, -0.15) is 0 Å². The molecule has 1 aromatic rings. The predicted octanol–water partition coefficient (Wildman–Crippen LogP) is 3.81. The third-order valence-electron chi connectivity index (χ3n) is 2.47. The van der Waals surface area contributed by atoms with E-state index in [2.05, 4.69) is 24.5 Å². The van der Waals surface area contributed by atoms with Crippen molar-refractivity contribution in [3.05, 3.63) is 24.3 Å². The van der Waals surface area contributed by atoms with Crippen molar-refractivity contribution in [2.24, 2.45) is 5.92 Å². The van der Waals surface area contributed by atoms with E-state index in [-0.39, 0.29) is 6.10 Å². The van der Waals surface area contributed by atoms with E-state index < -0.39 is 0 Å². The van der Waals surface area contributed by atoms with Gasteiger partial charge in [0.2, 0.25) is 0 Å². The molecule has 4 heteroatoms. The highest BCUT2D eigenvalue weighted by molar-refractivity contribution is 7.80. The van der Waals surface area contributed by atoms with Gasteiger partial charge in [0.25, 0.3) is 0 Å². The minimum atomic E-state index is 0.173. The fourth-order valence-corrected chi connectivity index (χ4v) is 1.79. The minimum absolute atomic E-state index is 0.173. The van der Waals surface area contributed by atoms with Crippen LogP contribution in [-0.4, -0.2) is 17.8 Å². The lowest BCUT2D eigenvalue weighted by Gasteiger charge is -2.14. The standard InChI is InChI=1S/C15H24N2OS/c1-11(2)8-9-16-15(19)17-13-6-5-7-14(10-13)18-12(3)4/h5-7,10-12H,8-9H2,1-4H3,(H2,16,17,19). The molecule has 0 saturated carbocycles. The summed E-state index contributed by atoms with van der Waals surface area (Å²) in [7, 11) is 0. The van der Waals surface area contributed by atoms with Crippen LogP contribution in [0.25, 0.3) is 0 Å². The molecule has 0 fully saturated rings. The number of benzene rings is 1. The van der Waals surface area contributed by atoms with Gasteiger partial charge < -0.3 is 15.4 Å². The third kappa shape index (κ3) is 7.01. The highest BCUT2D eigenvalue weighted by Gasteiger charge is 2.01. The van der Waals surface area contributed by atoms with Crippen molar-refractivity contribution in [2.75, 3.05) is 11.9 Å². The van der Waals surface area contributed by atoms with E-state index in [1.54, 1.807) is 0 Å². The minimum Gasteiger partial charge on any atom is -0.491 e. The largest absolute Gasteiger partial charge is 0.491 e. The molecule has 0 bridgehead atoms. The Balaban J connectivity index is 2.45. The third-order valence-corrected chi connectivity index (χ3v) is 2.72. The fourth-order valence-electron chi connectivity index (χ4n) is 1.57. The van der Waals surface area contributed by atoms with Gasteiger partial charge in [0, 0.05) is 18.3 Å². The summed E-state index contributed by atoms with van der Waals surface area (Å²) < 4.78 is 5.65. The summed E-state index contributed by atoms with van der Waals surface area (Å²) in [5, 5.41) is 7.03. The Morgan fingerprint density at radius 2 is 2.00 bits per heavy atom.